The molecule has 1 atom stereocenters. The lowest BCUT2D eigenvalue weighted by Crippen LogP contribution is -2.36. The summed E-state index contributed by atoms with van der Waals surface area (Å²) in [6.45, 7) is 7.45. The van der Waals surface area contributed by atoms with E-state index in [1.165, 1.54) is 12.5 Å². The summed E-state index contributed by atoms with van der Waals surface area (Å²) in [5.41, 5.74) is 1.63. The Balaban J connectivity index is 2.07. The van der Waals surface area contributed by atoms with Gasteiger partial charge in [0.2, 0.25) is 17.7 Å². The highest BCUT2D eigenvalue weighted by Gasteiger charge is 2.33. The zero-order valence-corrected chi connectivity index (χ0v) is 14.0. The number of nitrogens with one attached hydrogen (secondary N) is 1. The fraction of sp³-hybridized carbons (Fsp3) is 0.471. The fourth-order valence-corrected chi connectivity index (χ4v) is 2.23. The Bertz CT molecular complexity index is 679. The highest BCUT2D eigenvalue weighted by Crippen LogP contribution is 2.32. The third-order valence-corrected chi connectivity index (χ3v) is 3.69. The van der Waals surface area contributed by atoms with Crippen LogP contribution in [0.5, 0.6) is 0 Å². The molecule has 1 aromatic heterocycles. The summed E-state index contributed by atoms with van der Waals surface area (Å²) in [5, 5.41) is 21.1. The van der Waals surface area contributed by atoms with Crippen LogP contribution < -0.4 is 5.32 Å². The quantitative estimate of drug-likeness (QED) is 0.852. The van der Waals surface area contributed by atoms with Crippen molar-refractivity contribution in [1.82, 2.24) is 15.5 Å². The van der Waals surface area contributed by atoms with Gasteiger partial charge in [-0.2, -0.15) is 0 Å². The van der Waals surface area contributed by atoms with E-state index >= 15 is 0 Å². The molecule has 0 aliphatic rings. The first-order valence-electron chi connectivity index (χ1n) is 7.58. The van der Waals surface area contributed by atoms with Crippen molar-refractivity contribution >= 4 is 5.91 Å². The Labute approximate surface area is 135 Å². The van der Waals surface area contributed by atoms with Crippen LogP contribution in [0.25, 0.3) is 0 Å². The Hall–Kier alpha value is -2.21. The number of aliphatic hydroxyl groups excluding tert-OH is 1. The molecule has 2 rings (SSSR count). The van der Waals surface area contributed by atoms with Gasteiger partial charge in [0, 0.05) is 18.9 Å². The first kappa shape index (κ1) is 17.1. The van der Waals surface area contributed by atoms with E-state index in [4.69, 9.17) is 4.42 Å². The smallest absolute Gasteiger partial charge is 0.245 e. The molecule has 1 amide bonds. The average Bonchev–Trinajstić information content (AvgIpc) is 2.93. The molecule has 0 radical (unpaired) electrons. The van der Waals surface area contributed by atoms with Crippen LogP contribution in [0.3, 0.4) is 0 Å². The zero-order valence-electron chi connectivity index (χ0n) is 14.0. The Morgan fingerprint density at radius 1 is 1.39 bits per heavy atom. The van der Waals surface area contributed by atoms with Crippen molar-refractivity contribution in [3.8, 4) is 0 Å². The minimum atomic E-state index is -0.951. The van der Waals surface area contributed by atoms with E-state index in [-0.39, 0.29) is 11.8 Å². The van der Waals surface area contributed by atoms with Crippen LogP contribution in [0.4, 0.5) is 0 Å². The van der Waals surface area contributed by atoms with Crippen molar-refractivity contribution < 1.29 is 14.3 Å². The van der Waals surface area contributed by atoms with Crippen LogP contribution in [-0.4, -0.2) is 27.8 Å². The van der Waals surface area contributed by atoms with Crippen LogP contribution in [0, 0.1) is 12.3 Å². The monoisotopic (exact) mass is 317 g/mol. The van der Waals surface area contributed by atoms with Crippen LogP contribution in [0.2, 0.25) is 0 Å². The number of rotatable bonds is 6. The van der Waals surface area contributed by atoms with Gasteiger partial charge in [-0.05, 0) is 12.5 Å². The molecule has 23 heavy (non-hydrogen) atoms. The zero-order chi connectivity index (χ0) is 17.0. The van der Waals surface area contributed by atoms with Crippen molar-refractivity contribution in [2.24, 2.45) is 5.41 Å². The third-order valence-electron chi connectivity index (χ3n) is 3.69. The average molecular weight is 317 g/mol. The van der Waals surface area contributed by atoms with Crippen LogP contribution in [-0.2, 0) is 11.2 Å². The summed E-state index contributed by atoms with van der Waals surface area (Å²) in [6.07, 6.45) is -0.429. The van der Waals surface area contributed by atoms with Gasteiger partial charge in [-0.25, -0.2) is 0 Å². The van der Waals surface area contributed by atoms with Crippen molar-refractivity contribution in [2.75, 3.05) is 6.54 Å². The highest BCUT2D eigenvalue weighted by atomic mass is 16.4. The molecule has 0 aliphatic carbocycles. The lowest BCUT2D eigenvalue weighted by Gasteiger charge is -2.28. The largest absolute Gasteiger partial charge is 0.422 e. The Morgan fingerprint density at radius 3 is 2.78 bits per heavy atom. The van der Waals surface area contributed by atoms with Crippen LogP contribution in [0.15, 0.2) is 28.7 Å². The maximum atomic E-state index is 11.0. The molecule has 0 saturated heterocycles. The molecule has 0 bridgehead atoms. The summed E-state index contributed by atoms with van der Waals surface area (Å²) in [6, 6.07) is 8.05. The number of aryl methyl sites for hydroxylation is 1. The van der Waals surface area contributed by atoms with Gasteiger partial charge in [-0.1, -0.05) is 43.7 Å². The molecule has 0 aliphatic heterocycles. The predicted octanol–water partition coefficient (Wildman–Crippen LogP) is 2.16. The second kappa shape index (κ2) is 6.91. The van der Waals surface area contributed by atoms with Crippen molar-refractivity contribution in [1.29, 1.82) is 0 Å². The number of aromatic nitrogens is 2. The van der Waals surface area contributed by atoms with E-state index < -0.39 is 11.5 Å². The van der Waals surface area contributed by atoms with Gasteiger partial charge in [-0.15, -0.1) is 10.2 Å². The van der Waals surface area contributed by atoms with Crippen molar-refractivity contribution in [3.63, 3.8) is 0 Å². The first-order valence-corrected chi connectivity index (χ1v) is 7.58. The molecule has 0 fully saturated rings. The maximum Gasteiger partial charge on any atom is 0.245 e. The molecule has 124 valence electrons. The van der Waals surface area contributed by atoms with E-state index in [0.29, 0.717) is 18.9 Å². The van der Waals surface area contributed by atoms with Gasteiger partial charge in [0.05, 0.1) is 6.42 Å². The van der Waals surface area contributed by atoms with Gasteiger partial charge >= 0.3 is 0 Å². The number of carbonyl (C=O) groups excluding carboxylic acids is 1. The molecule has 0 spiro atoms. The molecule has 1 heterocycles. The predicted molar refractivity (Wildman–Crippen MR) is 85.7 cm³/mol. The van der Waals surface area contributed by atoms with E-state index in [0.717, 1.165) is 5.56 Å². The number of hydrogen-bond acceptors (Lipinski definition) is 5. The van der Waals surface area contributed by atoms with E-state index in [2.05, 4.69) is 21.6 Å². The molecule has 0 saturated carbocycles. The van der Waals surface area contributed by atoms with Crippen LogP contribution in [0.1, 0.15) is 49.8 Å². The normalized spacial score (nSPS) is 12.9. The lowest BCUT2D eigenvalue weighted by molar-refractivity contribution is -0.119. The number of hydrogen-bond donors (Lipinski definition) is 2. The molecular weight excluding hydrogens is 294 g/mol. The van der Waals surface area contributed by atoms with Gasteiger partial charge in [0.15, 0.2) is 0 Å². The summed E-state index contributed by atoms with van der Waals surface area (Å²) in [7, 11) is 0. The number of amides is 1. The summed E-state index contributed by atoms with van der Waals surface area (Å²) in [5.74, 6) is 0.485. The number of carbonyl (C=O) groups is 1. The highest BCUT2D eigenvalue weighted by molar-refractivity contribution is 5.72. The molecule has 2 N–H and O–H groups in total. The summed E-state index contributed by atoms with van der Waals surface area (Å²) >= 11 is 0. The van der Waals surface area contributed by atoms with Gasteiger partial charge in [0.1, 0.15) is 6.10 Å². The first-order chi connectivity index (χ1) is 10.8. The second-order valence-corrected chi connectivity index (χ2v) is 6.50. The minimum Gasteiger partial charge on any atom is -0.422 e. The van der Waals surface area contributed by atoms with E-state index in [1.54, 1.807) is 0 Å². The Kier molecular flexibility index (Phi) is 5.15. The SMILES string of the molecule is CC(=O)NCC(C)(C)[C@@H](O)c1nnc(Cc2cccc(C)c2)o1. The number of aliphatic hydroxyl groups is 1. The topological polar surface area (TPSA) is 88.2 Å². The molecular formula is C17H23N3O3. The molecule has 0 unspecified atom stereocenters. The maximum absolute atomic E-state index is 11.0. The van der Waals surface area contributed by atoms with E-state index in [1.807, 2.05) is 39.0 Å². The molecule has 1 aromatic carbocycles. The Morgan fingerprint density at radius 2 is 2.13 bits per heavy atom. The van der Waals surface area contributed by atoms with Crippen molar-refractivity contribution in [3.05, 3.63) is 47.2 Å². The van der Waals surface area contributed by atoms with Gasteiger partial charge in [-0.3, -0.25) is 4.79 Å². The van der Waals surface area contributed by atoms with Gasteiger partial charge < -0.3 is 14.8 Å². The fourth-order valence-electron chi connectivity index (χ4n) is 2.23. The van der Waals surface area contributed by atoms with Crippen molar-refractivity contribution in [2.45, 2.75) is 40.2 Å². The van der Waals surface area contributed by atoms with E-state index in [9.17, 15) is 9.90 Å². The second-order valence-electron chi connectivity index (χ2n) is 6.50. The third kappa shape index (κ3) is 4.63. The lowest BCUT2D eigenvalue weighted by atomic mass is 9.86. The van der Waals surface area contributed by atoms with Crippen LogP contribution >= 0.6 is 0 Å². The minimum absolute atomic E-state index is 0.143. The number of nitrogens with zero attached hydrogens (tertiary/aromatic N) is 2. The summed E-state index contributed by atoms with van der Waals surface area (Å²) < 4.78 is 5.60. The molecule has 6 heteroatoms. The molecule has 2 aromatic rings. The number of benzene rings is 1. The summed E-state index contributed by atoms with van der Waals surface area (Å²) in [4.78, 5) is 11.0. The van der Waals surface area contributed by atoms with Gasteiger partial charge in [0.25, 0.3) is 0 Å². The molecule has 6 nitrogen and oxygen atoms in total. The standard InChI is InChI=1S/C17H23N3O3/c1-11-6-5-7-13(8-11)9-14-19-20-16(23-14)15(22)17(3,4)10-18-12(2)21/h5-8,15,22H,9-10H2,1-4H3,(H,18,21)/t15-/m0/s1.